The third-order valence-electron chi connectivity index (χ3n) is 5.41. The molecule has 2 aromatic rings. The fraction of sp³-hybridized carbons (Fsp3) is 0.318. The van der Waals surface area contributed by atoms with E-state index in [2.05, 4.69) is 31.5 Å². The lowest BCUT2D eigenvalue weighted by Crippen LogP contribution is -2.38. The van der Waals surface area contributed by atoms with Crippen molar-refractivity contribution in [2.45, 2.75) is 43.7 Å². The molecule has 1 aromatic carbocycles. The van der Waals surface area contributed by atoms with Gasteiger partial charge in [0, 0.05) is 24.4 Å². The Kier molecular flexibility index (Phi) is 7.61. The molecule has 1 aliphatic carbocycles. The Morgan fingerprint density at radius 3 is 2.67 bits per heavy atom. The lowest BCUT2D eigenvalue weighted by molar-refractivity contribution is 0.289. The summed E-state index contributed by atoms with van der Waals surface area (Å²) in [5.41, 5.74) is 5.37. The largest absolute Gasteiger partial charge is 0.410 e. The van der Waals surface area contributed by atoms with Crippen LogP contribution in [0.5, 0.6) is 0 Å². The molecule has 0 amide bonds. The zero-order valence-electron chi connectivity index (χ0n) is 17.5. The summed E-state index contributed by atoms with van der Waals surface area (Å²) in [7, 11) is 0. The SMILES string of the molecule is N#CCC1(N=CC(=NO)C(N)=Nc2ccnc(F)c2)CCC(Nc2ccc(F)cc2F)CC1. The van der Waals surface area contributed by atoms with Crippen LogP contribution in [0.15, 0.2) is 51.7 Å². The Morgan fingerprint density at radius 2 is 2.03 bits per heavy atom. The highest BCUT2D eigenvalue weighted by Crippen LogP contribution is 2.36. The van der Waals surface area contributed by atoms with Gasteiger partial charge in [-0.2, -0.15) is 9.65 Å². The molecule has 0 atom stereocenters. The minimum atomic E-state index is -0.743. The molecule has 0 radical (unpaired) electrons. The van der Waals surface area contributed by atoms with Gasteiger partial charge in [0.1, 0.15) is 11.6 Å². The summed E-state index contributed by atoms with van der Waals surface area (Å²) in [5.74, 6) is -2.25. The molecule has 1 fully saturated rings. The van der Waals surface area contributed by atoms with E-state index >= 15 is 0 Å². The van der Waals surface area contributed by atoms with Gasteiger partial charge >= 0.3 is 0 Å². The van der Waals surface area contributed by atoms with Crippen molar-refractivity contribution < 1.29 is 18.4 Å². The van der Waals surface area contributed by atoms with Crippen LogP contribution in [0.1, 0.15) is 32.1 Å². The molecule has 0 aliphatic heterocycles. The summed E-state index contributed by atoms with van der Waals surface area (Å²) in [6, 6.07) is 7.89. The number of benzene rings is 1. The number of nitrogens with zero attached hydrogens (tertiary/aromatic N) is 5. The number of halogens is 3. The Hall–Kier alpha value is -3.94. The smallest absolute Gasteiger partial charge is 0.214 e. The highest BCUT2D eigenvalue weighted by atomic mass is 19.1. The second kappa shape index (κ2) is 10.6. The molecule has 1 aliphatic rings. The highest BCUT2D eigenvalue weighted by Gasteiger charge is 2.35. The number of nitrogens with one attached hydrogen (secondary N) is 1. The van der Waals surface area contributed by atoms with Crippen LogP contribution in [-0.2, 0) is 0 Å². The van der Waals surface area contributed by atoms with Gasteiger partial charge in [-0.05, 0) is 43.9 Å². The average molecular weight is 457 g/mol. The van der Waals surface area contributed by atoms with Gasteiger partial charge in [-0.3, -0.25) is 4.99 Å². The molecule has 11 heteroatoms. The maximum Gasteiger partial charge on any atom is 0.214 e. The van der Waals surface area contributed by atoms with E-state index in [0.29, 0.717) is 25.7 Å². The number of oxime groups is 1. The normalized spacial score (nSPS) is 21.7. The molecule has 0 spiro atoms. The topological polar surface area (TPSA) is 132 Å². The third kappa shape index (κ3) is 6.29. The van der Waals surface area contributed by atoms with E-state index in [0.717, 1.165) is 12.1 Å². The molecule has 1 heterocycles. The summed E-state index contributed by atoms with van der Waals surface area (Å²) in [6.07, 6.45) is 4.75. The van der Waals surface area contributed by atoms with E-state index in [4.69, 9.17) is 5.73 Å². The standard InChI is InChI=1S/C22H22F3N7O/c23-14-1-2-18(17(24)11-14)30-15-3-6-22(7-4-15,8-9-26)29-13-19(32-33)21(27)31-16-5-10-28-20(25)12-16/h1-2,5,10-13,15,30,33H,3-4,6-8H2,(H2,27,28,31). The maximum absolute atomic E-state index is 13.9. The Labute approximate surface area is 188 Å². The third-order valence-corrected chi connectivity index (χ3v) is 5.41. The maximum atomic E-state index is 13.9. The number of rotatable bonds is 7. The summed E-state index contributed by atoms with van der Waals surface area (Å²) in [5, 5.41) is 24.8. The molecule has 0 unspecified atom stereocenters. The molecule has 33 heavy (non-hydrogen) atoms. The first kappa shape index (κ1) is 23.7. The number of nitrogens with two attached hydrogens (primary N) is 1. The van der Waals surface area contributed by atoms with Crippen molar-refractivity contribution >= 4 is 29.1 Å². The number of hydrogen-bond donors (Lipinski definition) is 3. The fourth-order valence-corrected chi connectivity index (χ4v) is 3.62. The van der Waals surface area contributed by atoms with Crippen molar-refractivity contribution in [3.8, 4) is 6.07 Å². The van der Waals surface area contributed by atoms with Gasteiger partial charge in [0.2, 0.25) is 5.95 Å². The monoisotopic (exact) mass is 457 g/mol. The molecule has 172 valence electrons. The highest BCUT2D eigenvalue weighted by molar-refractivity contribution is 6.62. The first-order chi connectivity index (χ1) is 15.8. The Morgan fingerprint density at radius 1 is 1.27 bits per heavy atom. The predicted octanol–water partition coefficient (Wildman–Crippen LogP) is 4.10. The van der Waals surface area contributed by atoms with E-state index in [1.165, 1.54) is 30.6 Å². The zero-order chi connectivity index (χ0) is 23.8. The Bertz CT molecular complexity index is 1120. The number of amidine groups is 1. The van der Waals surface area contributed by atoms with Gasteiger partial charge in [0.05, 0.1) is 35.6 Å². The molecule has 8 nitrogen and oxygen atoms in total. The minimum Gasteiger partial charge on any atom is -0.410 e. The van der Waals surface area contributed by atoms with E-state index in [9.17, 15) is 23.6 Å². The molecule has 0 bridgehead atoms. The van der Waals surface area contributed by atoms with Gasteiger partial charge in [-0.15, -0.1) is 0 Å². The first-order valence-corrected chi connectivity index (χ1v) is 10.2. The molecule has 0 saturated heterocycles. The van der Waals surface area contributed by atoms with Crippen LogP contribution in [0.25, 0.3) is 0 Å². The number of aromatic nitrogens is 1. The molecule has 3 rings (SSSR count). The lowest BCUT2D eigenvalue weighted by Gasteiger charge is -2.36. The van der Waals surface area contributed by atoms with Crippen LogP contribution in [0, 0.1) is 28.9 Å². The number of nitriles is 1. The van der Waals surface area contributed by atoms with Crippen molar-refractivity contribution in [2.24, 2.45) is 20.9 Å². The van der Waals surface area contributed by atoms with E-state index in [1.807, 2.05) is 0 Å². The van der Waals surface area contributed by atoms with Crippen LogP contribution >= 0.6 is 0 Å². The van der Waals surface area contributed by atoms with Gasteiger partial charge in [0.25, 0.3) is 0 Å². The average Bonchev–Trinajstić information content (AvgIpc) is 2.78. The number of aliphatic imine (C=N–C) groups is 2. The van der Waals surface area contributed by atoms with E-state index < -0.39 is 23.1 Å². The van der Waals surface area contributed by atoms with Crippen LogP contribution in [0.2, 0.25) is 0 Å². The van der Waals surface area contributed by atoms with Crippen molar-refractivity contribution in [3.05, 3.63) is 54.1 Å². The summed E-state index contributed by atoms with van der Waals surface area (Å²) in [6.45, 7) is 0. The molecular formula is C22H22F3N7O. The first-order valence-electron chi connectivity index (χ1n) is 10.2. The quantitative estimate of drug-likeness (QED) is 0.189. The molecular weight excluding hydrogens is 435 g/mol. The lowest BCUT2D eigenvalue weighted by atomic mass is 9.78. The fourth-order valence-electron chi connectivity index (χ4n) is 3.62. The van der Waals surface area contributed by atoms with Crippen LogP contribution in [-0.4, -0.2) is 39.5 Å². The van der Waals surface area contributed by atoms with E-state index in [1.54, 1.807) is 0 Å². The van der Waals surface area contributed by atoms with Gasteiger partial charge in [-0.25, -0.2) is 18.8 Å². The van der Waals surface area contributed by atoms with Crippen LogP contribution in [0.4, 0.5) is 24.5 Å². The van der Waals surface area contributed by atoms with Gasteiger partial charge in [-0.1, -0.05) is 5.16 Å². The van der Waals surface area contributed by atoms with Gasteiger partial charge in [0.15, 0.2) is 11.5 Å². The van der Waals surface area contributed by atoms with Crippen LogP contribution in [0.3, 0.4) is 0 Å². The number of anilines is 1. The van der Waals surface area contributed by atoms with Crippen molar-refractivity contribution in [1.29, 1.82) is 5.26 Å². The summed E-state index contributed by atoms with van der Waals surface area (Å²) >= 11 is 0. The van der Waals surface area contributed by atoms with Crippen LogP contribution < -0.4 is 11.1 Å². The van der Waals surface area contributed by atoms with Crippen molar-refractivity contribution in [2.75, 3.05) is 5.32 Å². The van der Waals surface area contributed by atoms with E-state index in [-0.39, 0.29) is 35.4 Å². The predicted molar refractivity (Wildman–Crippen MR) is 118 cm³/mol. The molecule has 1 aromatic heterocycles. The second-order valence-electron chi connectivity index (χ2n) is 7.68. The molecule has 4 N–H and O–H groups in total. The number of hydrogen-bond acceptors (Lipinski definition) is 7. The van der Waals surface area contributed by atoms with Gasteiger partial charge < -0.3 is 16.3 Å². The zero-order valence-corrected chi connectivity index (χ0v) is 17.5. The summed E-state index contributed by atoms with van der Waals surface area (Å²) in [4.78, 5) is 11.9. The molecule has 1 saturated carbocycles. The van der Waals surface area contributed by atoms with Crippen molar-refractivity contribution in [1.82, 2.24) is 4.98 Å². The Balaban J connectivity index is 1.70. The number of pyridine rings is 1. The van der Waals surface area contributed by atoms with Crippen molar-refractivity contribution in [3.63, 3.8) is 0 Å². The second-order valence-corrected chi connectivity index (χ2v) is 7.68. The summed E-state index contributed by atoms with van der Waals surface area (Å²) < 4.78 is 40.3. The minimum absolute atomic E-state index is 0.0776.